The third kappa shape index (κ3) is 1.44. The predicted molar refractivity (Wildman–Crippen MR) is 50.1 cm³/mol. The van der Waals surface area contributed by atoms with Gasteiger partial charge in [-0.2, -0.15) is 5.10 Å². The molecule has 0 saturated heterocycles. The zero-order valence-corrected chi connectivity index (χ0v) is 7.34. The van der Waals surface area contributed by atoms with Gasteiger partial charge in [0, 0.05) is 18.9 Å². The van der Waals surface area contributed by atoms with E-state index in [4.69, 9.17) is 5.11 Å². The summed E-state index contributed by atoms with van der Waals surface area (Å²) in [6.45, 7) is 0.521. The molecule has 0 aliphatic carbocycles. The molecule has 2 N–H and O–H groups in total. The Kier molecular flexibility index (Phi) is 2.14. The van der Waals surface area contributed by atoms with Crippen LogP contribution in [0.2, 0.25) is 0 Å². The zero-order chi connectivity index (χ0) is 9.97. The van der Waals surface area contributed by atoms with Crippen LogP contribution in [0.25, 0.3) is 0 Å². The first kappa shape index (κ1) is 8.68. The topological polar surface area (TPSA) is 74.6 Å². The van der Waals surface area contributed by atoms with E-state index in [9.17, 15) is 4.79 Å². The number of nitrogens with zero attached hydrogens (tertiary/aromatic N) is 2. The lowest BCUT2D eigenvalue weighted by Gasteiger charge is -2.07. The lowest BCUT2D eigenvalue weighted by molar-refractivity contribution is -0.129. The van der Waals surface area contributed by atoms with Gasteiger partial charge in [-0.1, -0.05) is 6.07 Å². The summed E-state index contributed by atoms with van der Waals surface area (Å²) in [4.78, 5) is 14.7. The summed E-state index contributed by atoms with van der Waals surface area (Å²) >= 11 is 0. The van der Waals surface area contributed by atoms with Crippen molar-refractivity contribution in [1.82, 2.24) is 10.4 Å². The molecule has 0 aromatic carbocycles. The molecular formula is C9H9N3O2. The zero-order valence-electron chi connectivity index (χ0n) is 7.34. The highest BCUT2D eigenvalue weighted by Gasteiger charge is 2.28. The number of rotatable bonds is 2. The van der Waals surface area contributed by atoms with Crippen molar-refractivity contribution >= 4 is 11.7 Å². The first-order valence-corrected chi connectivity index (χ1v) is 4.22. The highest BCUT2D eigenvalue weighted by atomic mass is 16.4. The molecule has 2 rings (SSSR count). The molecule has 2 heterocycles. The van der Waals surface area contributed by atoms with Crippen molar-refractivity contribution in [2.45, 2.75) is 5.92 Å². The molecule has 1 aliphatic rings. The molecule has 0 fully saturated rings. The summed E-state index contributed by atoms with van der Waals surface area (Å²) in [5, 5.41) is 12.6. The summed E-state index contributed by atoms with van der Waals surface area (Å²) in [5.41, 5.74) is 3.71. The van der Waals surface area contributed by atoms with E-state index in [1.807, 2.05) is 6.07 Å². The minimum absolute atomic E-state index is 0.151. The largest absolute Gasteiger partial charge is 0.477 e. The predicted octanol–water partition coefficient (Wildman–Crippen LogP) is 0.209. The Labute approximate surface area is 80.5 Å². The van der Waals surface area contributed by atoms with Crippen molar-refractivity contribution in [2.24, 2.45) is 5.10 Å². The summed E-state index contributed by atoms with van der Waals surface area (Å²) in [7, 11) is 0. The minimum Gasteiger partial charge on any atom is -0.477 e. The Morgan fingerprint density at radius 2 is 2.50 bits per heavy atom. The first-order valence-electron chi connectivity index (χ1n) is 4.22. The second kappa shape index (κ2) is 3.45. The lowest BCUT2D eigenvalue weighted by Crippen LogP contribution is -2.20. The number of hydrazone groups is 1. The van der Waals surface area contributed by atoms with Crippen LogP contribution < -0.4 is 5.43 Å². The number of pyridine rings is 1. The standard InChI is InChI=1S/C9H9N3O2/c13-9(14)8-7(5-11-12-8)6-2-1-3-10-4-6/h1-4,7,11H,5H2,(H,13,14). The van der Waals surface area contributed by atoms with Crippen LogP contribution in [0.5, 0.6) is 0 Å². The molecule has 1 aliphatic heterocycles. The molecule has 14 heavy (non-hydrogen) atoms. The number of aromatic nitrogens is 1. The smallest absolute Gasteiger partial charge is 0.352 e. The SMILES string of the molecule is O=C(O)C1=NNCC1c1cccnc1. The molecule has 1 atom stereocenters. The Balaban J connectivity index is 2.29. The van der Waals surface area contributed by atoms with Crippen LogP contribution in [0, 0.1) is 0 Å². The monoisotopic (exact) mass is 191 g/mol. The van der Waals surface area contributed by atoms with Gasteiger partial charge in [0.1, 0.15) is 0 Å². The average molecular weight is 191 g/mol. The average Bonchev–Trinajstić information content (AvgIpc) is 2.67. The van der Waals surface area contributed by atoms with Gasteiger partial charge in [-0.15, -0.1) is 0 Å². The maximum Gasteiger partial charge on any atom is 0.352 e. The summed E-state index contributed by atoms with van der Waals surface area (Å²) < 4.78 is 0. The van der Waals surface area contributed by atoms with E-state index in [1.54, 1.807) is 18.5 Å². The number of carboxylic acid groups (broad SMARTS) is 1. The van der Waals surface area contributed by atoms with Gasteiger partial charge in [0.05, 0.1) is 5.92 Å². The first-order chi connectivity index (χ1) is 6.79. The van der Waals surface area contributed by atoms with E-state index in [2.05, 4.69) is 15.5 Å². The van der Waals surface area contributed by atoms with Gasteiger partial charge in [0.2, 0.25) is 0 Å². The Morgan fingerprint density at radius 3 is 3.14 bits per heavy atom. The molecule has 1 aromatic rings. The molecule has 0 spiro atoms. The van der Waals surface area contributed by atoms with Crippen LogP contribution in [0.3, 0.4) is 0 Å². The fraction of sp³-hybridized carbons (Fsp3) is 0.222. The molecular weight excluding hydrogens is 182 g/mol. The van der Waals surface area contributed by atoms with E-state index in [1.165, 1.54) is 0 Å². The quantitative estimate of drug-likeness (QED) is 0.700. The molecule has 0 amide bonds. The third-order valence-corrected chi connectivity index (χ3v) is 2.13. The van der Waals surface area contributed by atoms with Crippen molar-refractivity contribution in [3.8, 4) is 0 Å². The molecule has 1 aromatic heterocycles. The Morgan fingerprint density at radius 1 is 1.64 bits per heavy atom. The van der Waals surface area contributed by atoms with E-state index in [0.29, 0.717) is 6.54 Å². The van der Waals surface area contributed by atoms with Gasteiger partial charge < -0.3 is 10.5 Å². The van der Waals surface area contributed by atoms with Gasteiger partial charge in [-0.25, -0.2) is 4.79 Å². The number of nitrogens with one attached hydrogen (secondary N) is 1. The van der Waals surface area contributed by atoms with Gasteiger partial charge in [-0.3, -0.25) is 4.98 Å². The van der Waals surface area contributed by atoms with Gasteiger partial charge in [-0.05, 0) is 11.6 Å². The molecule has 5 heteroatoms. The highest BCUT2D eigenvalue weighted by Crippen LogP contribution is 2.19. The van der Waals surface area contributed by atoms with Gasteiger partial charge >= 0.3 is 5.97 Å². The summed E-state index contributed by atoms with van der Waals surface area (Å²) in [5.74, 6) is -1.18. The van der Waals surface area contributed by atoms with Gasteiger partial charge in [0.15, 0.2) is 5.71 Å². The van der Waals surface area contributed by atoms with E-state index in [0.717, 1.165) is 5.56 Å². The lowest BCUT2D eigenvalue weighted by atomic mass is 9.97. The van der Waals surface area contributed by atoms with Crippen LogP contribution in [-0.2, 0) is 4.79 Å². The molecule has 5 nitrogen and oxygen atoms in total. The van der Waals surface area contributed by atoms with Crippen molar-refractivity contribution < 1.29 is 9.90 Å². The Hall–Kier alpha value is -1.91. The Bertz CT molecular complexity index is 375. The number of hydrogen-bond acceptors (Lipinski definition) is 4. The number of aliphatic carboxylic acids is 1. The number of hydrogen-bond donors (Lipinski definition) is 2. The maximum atomic E-state index is 10.8. The van der Waals surface area contributed by atoms with Crippen LogP contribution >= 0.6 is 0 Å². The second-order valence-corrected chi connectivity index (χ2v) is 3.00. The number of carboxylic acids is 1. The minimum atomic E-state index is -0.983. The molecule has 0 bridgehead atoms. The molecule has 1 unspecified atom stereocenters. The third-order valence-electron chi connectivity index (χ3n) is 2.13. The highest BCUT2D eigenvalue weighted by molar-refractivity contribution is 6.38. The van der Waals surface area contributed by atoms with Crippen LogP contribution in [0.15, 0.2) is 29.6 Å². The van der Waals surface area contributed by atoms with E-state index < -0.39 is 5.97 Å². The second-order valence-electron chi connectivity index (χ2n) is 3.00. The van der Waals surface area contributed by atoms with Gasteiger partial charge in [0.25, 0.3) is 0 Å². The van der Waals surface area contributed by atoms with Crippen LogP contribution in [0.4, 0.5) is 0 Å². The fourth-order valence-electron chi connectivity index (χ4n) is 1.45. The van der Waals surface area contributed by atoms with E-state index >= 15 is 0 Å². The molecule has 0 saturated carbocycles. The summed E-state index contributed by atoms with van der Waals surface area (Å²) in [6, 6.07) is 3.64. The van der Waals surface area contributed by atoms with Crippen molar-refractivity contribution in [3.63, 3.8) is 0 Å². The number of carbonyl (C=O) groups is 1. The fourth-order valence-corrected chi connectivity index (χ4v) is 1.45. The molecule has 72 valence electrons. The van der Waals surface area contributed by atoms with Crippen molar-refractivity contribution in [2.75, 3.05) is 6.54 Å². The van der Waals surface area contributed by atoms with E-state index in [-0.39, 0.29) is 11.6 Å². The van der Waals surface area contributed by atoms with Crippen LogP contribution in [0.1, 0.15) is 11.5 Å². The maximum absolute atomic E-state index is 10.8. The van der Waals surface area contributed by atoms with Crippen molar-refractivity contribution in [3.05, 3.63) is 30.1 Å². The summed E-state index contributed by atoms with van der Waals surface area (Å²) in [6.07, 6.45) is 3.32. The normalized spacial score (nSPS) is 20.0. The van der Waals surface area contributed by atoms with Crippen molar-refractivity contribution in [1.29, 1.82) is 0 Å². The van der Waals surface area contributed by atoms with Crippen LogP contribution in [-0.4, -0.2) is 28.3 Å². The molecule has 0 radical (unpaired) electrons.